The van der Waals surface area contributed by atoms with E-state index in [0.29, 0.717) is 24.0 Å². The van der Waals surface area contributed by atoms with Crippen molar-refractivity contribution in [3.8, 4) is 0 Å². The van der Waals surface area contributed by atoms with Crippen LogP contribution in [0, 0.1) is 6.92 Å². The van der Waals surface area contributed by atoms with Gasteiger partial charge in [0, 0.05) is 41.1 Å². The molecule has 7 nitrogen and oxygen atoms in total. The van der Waals surface area contributed by atoms with Gasteiger partial charge in [-0.3, -0.25) is 9.59 Å². The Labute approximate surface area is 216 Å². The Morgan fingerprint density at radius 1 is 0.829 bits per heavy atom. The number of benzene rings is 2. The molecule has 35 heavy (non-hydrogen) atoms. The second-order valence-electron chi connectivity index (χ2n) is 7.43. The number of fused-ring (bicyclic) bond motifs is 2. The second-order valence-corrected chi connectivity index (χ2v) is 8.22. The molecule has 10 heteroatoms. The molecule has 2 aromatic carbocycles. The third kappa shape index (κ3) is 9.58. The van der Waals surface area contributed by atoms with Gasteiger partial charge in [0.25, 0.3) is 0 Å². The maximum atomic E-state index is 10.9. The Bertz CT molecular complexity index is 1440. The van der Waals surface area contributed by atoms with Gasteiger partial charge in [-0.25, -0.2) is 9.59 Å². The van der Waals surface area contributed by atoms with Gasteiger partial charge in [-0.05, 0) is 42.3 Å². The number of carbonyl (C=O) groups is 2. The number of halogens is 1. The molecule has 1 radical (unpaired) electrons. The van der Waals surface area contributed by atoms with Crippen LogP contribution in [0.4, 0.5) is 0 Å². The number of hydrogen-bond donors (Lipinski definition) is 1. The first-order valence-corrected chi connectivity index (χ1v) is 11.9. The first-order valence-electron chi connectivity index (χ1n) is 10.4. The van der Waals surface area contributed by atoms with Crippen molar-refractivity contribution < 1.29 is 18.4 Å². The van der Waals surface area contributed by atoms with Crippen LogP contribution in [-0.2, 0) is 14.9 Å². The second kappa shape index (κ2) is 14.3. The van der Waals surface area contributed by atoms with Crippen LogP contribution in [-0.4, -0.2) is 19.2 Å². The molecule has 179 valence electrons. The van der Waals surface area contributed by atoms with Crippen molar-refractivity contribution in [3.05, 3.63) is 92.6 Å². The third-order valence-corrected chi connectivity index (χ3v) is 5.34. The topological polar surface area (TPSA) is 107 Å². The van der Waals surface area contributed by atoms with Crippen LogP contribution in [0.2, 0.25) is 0 Å². The summed E-state index contributed by atoms with van der Waals surface area (Å²) in [6, 6.07) is 18.0. The molecule has 0 N–H and O–H groups in total. The van der Waals surface area contributed by atoms with E-state index in [1.807, 2.05) is 43.3 Å². The average molecular weight is 555 g/mol. The number of nitrogens with zero attached hydrogens (tertiary/aromatic N) is 1. The van der Waals surface area contributed by atoms with Gasteiger partial charge in [-0.15, -0.1) is 0 Å². The minimum atomic E-state index is -0.306. The summed E-state index contributed by atoms with van der Waals surface area (Å²) in [5, 5.41) is 2.67. The van der Waals surface area contributed by atoms with Crippen LogP contribution in [0.5, 0.6) is 0 Å². The van der Waals surface area contributed by atoms with E-state index in [1.54, 1.807) is 12.1 Å². The molecule has 2 aromatic heterocycles. The molecule has 0 spiro atoms. The van der Waals surface area contributed by atoms with Crippen molar-refractivity contribution in [2.45, 2.75) is 31.5 Å². The molecule has 0 aliphatic heterocycles. The molecule has 1 aliphatic carbocycles. The number of carbonyl (C=O) groups excluding carboxylic acids is 2. The van der Waals surface area contributed by atoms with E-state index >= 15 is 0 Å². The quantitative estimate of drug-likeness (QED) is 0.113. The van der Waals surface area contributed by atoms with Crippen molar-refractivity contribution in [1.82, 2.24) is 0 Å². The Hall–Kier alpha value is -3.11. The molecule has 2 heterocycles. The molecule has 0 atom stereocenters. The SMILES string of the molecule is Cc1ccc2ccc(=O)oc2c1.O=C1CCC(=O)C1.O=c1ccc2ccc(CBr)cc2o1.[B]=NS. The Morgan fingerprint density at radius 2 is 1.29 bits per heavy atom. The summed E-state index contributed by atoms with van der Waals surface area (Å²) < 4.78 is 12.7. The van der Waals surface area contributed by atoms with Crippen molar-refractivity contribution in [2.24, 2.45) is 4.30 Å². The summed E-state index contributed by atoms with van der Waals surface area (Å²) in [5.74, 6) is 0.204. The molecule has 1 saturated carbocycles. The Kier molecular flexibility index (Phi) is 11.5. The van der Waals surface area contributed by atoms with Gasteiger partial charge in [0.15, 0.2) is 0 Å². The van der Waals surface area contributed by atoms with Gasteiger partial charge in [0.1, 0.15) is 22.7 Å². The van der Waals surface area contributed by atoms with Crippen molar-refractivity contribution in [1.29, 1.82) is 0 Å². The molecule has 0 amide bonds. The van der Waals surface area contributed by atoms with Crippen LogP contribution in [0.3, 0.4) is 0 Å². The summed E-state index contributed by atoms with van der Waals surface area (Å²) in [7, 11) is 4.34. The van der Waals surface area contributed by atoms with E-state index in [0.717, 1.165) is 27.2 Å². The van der Waals surface area contributed by atoms with E-state index in [9.17, 15) is 19.2 Å². The normalized spacial score (nSPS) is 12.1. The van der Waals surface area contributed by atoms with Gasteiger partial charge in [-0.2, -0.15) is 0 Å². The molecule has 4 aromatic rings. The van der Waals surface area contributed by atoms with Gasteiger partial charge in [-0.1, -0.05) is 40.2 Å². The van der Waals surface area contributed by atoms with E-state index in [4.69, 9.17) is 8.83 Å². The van der Waals surface area contributed by atoms with Crippen molar-refractivity contribution >= 4 is 69.9 Å². The fourth-order valence-corrected chi connectivity index (χ4v) is 3.38. The fraction of sp³-hybridized carbons (Fsp3) is 0.200. The number of aryl methyl sites for hydroxylation is 1. The average Bonchev–Trinajstić information content (AvgIpc) is 3.22. The standard InChI is InChI=1S/C10H7BrO2.C10H8O2.C5H6O2.BHNS/c11-6-7-1-2-8-3-4-10(12)13-9(8)5-7;1-7-2-3-8-4-5-10(11)12-9(8)6-7;6-4-1-2-5(7)3-4;1-2-3/h1-5H,6H2;2-6H,1H3;1-3H2;3H. The van der Waals surface area contributed by atoms with Gasteiger partial charge in [0.2, 0.25) is 0 Å². The number of hydrogen-bond acceptors (Lipinski definition) is 8. The predicted octanol–water partition coefficient (Wildman–Crippen LogP) is 5.28. The molecular formula is C25H22BBrNO6S. The third-order valence-electron chi connectivity index (χ3n) is 4.70. The van der Waals surface area contributed by atoms with Gasteiger partial charge >= 0.3 is 36.0 Å². The number of rotatable bonds is 1. The summed E-state index contributed by atoms with van der Waals surface area (Å²) in [6.45, 7) is 1.96. The van der Waals surface area contributed by atoms with Crippen molar-refractivity contribution in [3.63, 3.8) is 0 Å². The fourth-order valence-electron chi connectivity index (χ4n) is 3.03. The zero-order valence-electron chi connectivity index (χ0n) is 18.9. The zero-order valence-corrected chi connectivity index (χ0v) is 21.4. The maximum absolute atomic E-state index is 10.9. The summed E-state index contributed by atoms with van der Waals surface area (Å²) >= 11 is 6.53. The molecular weight excluding hydrogens is 533 g/mol. The van der Waals surface area contributed by atoms with Crippen LogP contribution in [0.15, 0.2) is 83.4 Å². The van der Waals surface area contributed by atoms with Crippen LogP contribution >= 0.6 is 28.7 Å². The zero-order chi connectivity index (χ0) is 25.8. The van der Waals surface area contributed by atoms with Crippen LogP contribution in [0.1, 0.15) is 30.4 Å². The molecule has 1 aliphatic rings. The summed E-state index contributed by atoms with van der Waals surface area (Å²) in [4.78, 5) is 42.2. The van der Waals surface area contributed by atoms with E-state index in [-0.39, 0.29) is 29.2 Å². The molecule has 1 fully saturated rings. The van der Waals surface area contributed by atoms with E-state index < -0.39 is 0 Å². The van der Waals surface area contributed by atoms with Crippen LogP contribution in [0.25, 0.3) is 21.9 Å². The van der Waals surface area contributed by atoms with E-state index in [2.05, 4.69) is 40.7 Å². The number of alkyl halides is 1. The van der Waals surface area contributed by atoms with Gasteiger partial charge < -0.3 is 8.83 Å². The summed E-state index contributed by atoms with van der Waals surface area (Å²) in [6.07, 6.45) is 1.16. The first-order chi connectivity index (χ1) is 16.7. The van der Waals surface area contributed by atoms with Crippen LogP contribution < -0.4 is 11.3 Å². The Morgan fingerprint density at radius 3 is 1.74 bits per heavy atom. The number of Topliss-reactive ketones (excluding diaryl/α,β-unsaturated/α-hetero) is 2. The minimum absolute atomic E-state index is 0.102. The molecule has 0 saturated heterocycles. The molecule has 0 unspecified atom stereocenters. The summed E-state index contributed by atoms with van der Waals surface area (Å²) in [5.41, 5.74) is 2.89. The predicted molar refractivity (Wildman–Crippen MR) is 143 cm³/mol. The first kappa shape index (κ1) is 28.1. The number of thiol groups is 1. The Balaban J connectivity index is 0.000000182. The van der Waals surface area contributed by atoms with Crippen molar-refractivity contribution in [2.75, 3.05) is 0 Å². The monoisotopic (exact) mass is 554 g/mol. The number of ketones is 2. The molecule has 0 bridgehead atoms. The van der Waals surface area contributed by atoms with Gasteiger partial charge in [0.05, 0.1) is 6.42 Å². The van der Waals surface area contributed by atoms with E-state index in [1.165, 1.54) is 12.1 Å². The molecule has 5 rings (SSSR count).